The topological polar surface area (TPSA) is 84.7 Å². The average Bonchev–Trinajstić information content (AvgIpc) is 3.25. The maximum absolute atomic E-state index is 13.0. The van der Waals surface area contributed by atoms with Crippen molar-refractivity contribution in [3.63, 3.8) is 0 Å². The molecule has 0 radical (unpaired) electrons. The number of amides is 2. The third-order valence-corrected chi connectivity index (χ3v) is 8.34. The van der Waals surface area contributed by atoms with E-state index < -0.39 is 10.8 Å². The number of rotatable bonds is 3. The number of hydrogen-bond donors (Lipinski definition) is 0. The molecular formula is C24H30N4O4S. The monoisotopic (exact) mass is 470 g/mol. The number of benzene rings is 1. The average molecular weight is 471 g/mol. The van der Waals surface area contributed by atoms with E-state index in [1.807, 2.05) is 42.2 Å². The Labute approximate surface area is 196 Å². The molecule has 1 saturated heterocycles. The summed E-state index contributed by atoms with van der Waals surface area (Å²) >= 11 is 0. The second-order valence-corrected chi connectivity index (χ2v) is 11.0. The van der Waals surface area contributed by atoms with Gasteiger partial charge in [0.1, 0.15) is 6.10 Å². The zero-order chi connectivity index (χ0) is 23.1. The molecule has 0 bridgehead atoms. The van der Waals surface area contributed by atoms with E-state index in [0.29, 0.717) is 12.2 Å². The lowest BCUT2D eigenvalue weighted by Crippen LogP contribution is -2.52. The van der Waals surface area contributed by atoms with Gasteiger partial charge in [-0.05, 0) is 56.7 Å². The van der Waals surface area contributed by atoms with Crippen molar-refractivity contribution in [3.05, 3.63) is 30.6 Å². The quantitative estimate of drug-likeness (QED) is 0.680. The molecule has 2 fully saturated rings. The van der Waals surface area contributed by atoms with Gasteiger partial charge in [0.15, 0.2) is 0 Å². The van der Waals surface area contributed by atoms with E-state index in [9.17, 15) is 13.8 Å². The van der Waals surface area contributed by atoms with E-state index in [2.05, 4.69) is 5.10 Å². The zero-order valence-electron chi connectivity index (χ0n) is 19.1. The Balaban J connectivity index is 1.46. The molecule has 0 N–H and O–H groups in total. The number of carbonyl (C=O) groups is 2. The first-order chi connectivity index (χ1) is 15.9. The maximum atomic E-state index is 13.0. The number of nitrogens with zero attached hydrogens (tertiary/aromatic N) is 4. The van der Waals surface area contributed by atoms with E-state index in [-0.39, 0.29) is 30.2 Å². The molecule has 3 heterocycles. The van der Waals surface area contributed by atoms with Gasteiger partial charge in [0.25, 0.3) is 0 Å². The fourth-order valence-corrected chi connectivity index (χ4v) is 6.16. The molecule has 1 aliphatic carbocycles. The van der Waals surface area contributed by atoms with Gasteiger partial charge >= 0.3 is 6.09 Å². The number of fused-ring (bicyclic) bond motifs is 1. The van der Waals surface area contributed by atoms with Gasteiger partial charge in [0.05, 0.1) is 29.7 Å². The molecule has 2 aliphatic heterocycles. The van der Waals surface area contributed by atoms with Gasteiger partial charge in [-0.1, -0.05) is 6.07 Å². The molecule has 1 aromatic carbocycles. The summed E-state index contributed by atoms with van der Waals surface area (Å²) in [6.45, 7) is 3.89. The molecule has 1 atom stereocenters. The largest absolute Gasteiger partial charge is 0.446 e. The van der Waals surface area contributed by atoms with Crippen molar-refractivity contribution < 1.29 is 18.5 Å². The second-order valence-electron chi connectivity index (χ2n) is 9.28. The number of ether oxygens (including phenoxy) is 1. The van der Waals surface area contributed by atoms with Crippen molar-refractivity contribution in [2.75, 3.05) is 27.9 Å². The lowest BCUT2D eigenvalue weighted by Gasteiger charge is -2.41. The van der Waals surface area contributed by atoms with E-state index in [1.54, 1.807) is 16.7 Å². The summed E-state index contributed by atoms with van der Waals surface area (Å²) in [6.07, 6.45) is 8.14. The Bertz CT molecular complexity index is 1090. The first kappa shape index (κ1) is 22.1. The molecular weight excluding hydrogens is 440 g/mol. The van der Waals surface area contributed by atoms with Gasteiger partial charge in [0.2, 0.25) is 5.91 Å². The fourth-order valence-electron chi connectivity index (χ4n) is 4.88. The molecule has 0 spiro atoms. The Morgan fingerprint density at radius 3 is 2.52 bits per heavy atom. The third kappa shape index (κ3) is 4.30. The van der Waals surface area contributed by atoms with Crippen molar-refractivity contribution in [1.29, 1.82) is 0 Å². The van der Waals surface area contributed by atoms with Crippen molar-refractivity contribution in [2.24, 2.45) is 0 Å². The van der Waals surface area contributed by atoms with E-state index in [0.717, 1.165) is 60.4 Å². The Morgan fingerprint density at radius 2 is 1.85 bits per heavy atom. The van der Waals surface area contributed by atoms with Crippen LogP contribution in [0.1, 0.15) is 52.0 Å². The SMILES string of the molecule is CC(=O)N1c2ccc(-c3cnn(C4CCS(=O)CC4)c3)cc2N(C(=O)OC2CCC2)CC1C. The highest BCUT2D eigenvalue weighted by Gasteiger charge is 2.36. The molecule has 33 heavy (non-hydrogen) atoms. The molecule has 8 nitrogen and oxygen atoms in total. The summed E-state index contributed by atoms with van der Waals surface area (Å²) in [4.78, 5) is 28.8. The van der Waals surface area contributed by atoms with Crippen LogP contribution in [0.4, 0.5) is 16.2 Å². The zero-order valence-corrected chi connectivity index (χ0v) is 19.9. The normalized spacial score (nSPS) is 25.3. The van der Waals surface area contributed by atoms with Crippen LogP contribution in [-0.4, -0.2) is 56.2 Å². The molecule has 176 valence electrons. The number of hydrogen-bond acceptors (Lipinski definition) is 5. The van der Waals surface area contributed by atoms with Gasteiger partial charge in [0, 0.05) is 47.5 Å². The summed E-state index contributed by atoms with van der Waals surface area (Å²) < 4.78 is 19.4. The predicted molar refractivity (Wildman–Crippen MR) is 128 cm³/mol. The predicted octanol–water partition coefficient (Wildman–Crippen LogP) is 3.88. The van der Waals surface area contributed by atoms with E-state index >= 15 is 0 Å². The molecule has 5 rings (SSSR count). The Morgan fingerprint density at radius 1 is 1.09 bits per heavy atom. The van der Waals surface area contributed by atoms with Gasteiger partial charge in [-0.15, -0.1) is 0 Å². The molecule has 2 amide bonds. The number of carbonyl (C=O) groups excluding carboxylic acids is 2. The Hall–Kier alpha value is -2.68. The van der Waals surface area contributed by atoms with Gasteiger partial charge in [-0.3, -0.25) is 18.6 Å². The van der Waals surface area contributed by atoms with Crippen molar-refractivity contribution in [1.82, 2.24) is 9.78 Å². The standard InChI is InChI=1S/C24H30N4O4S/c1-16-14-26(24(30)32-21-4-3-5-21)23-12-18(6-7-22(23)28(16)17(2)29)19-13-25-27(15-19)20-8-10-33(31)11-9-20/h6-7,12-13,15-16,20-21H,3-5,8-11,14H2,1-2H3. The Kier molecular flexibility index (Phi) is 5.99. The lowest BCUT2D eigenvalue weighted by atomic mass is 9.96. The molecule has 1 saturated carbocycles. The molecule has 1 unspecified atom stereocenters. The van der Waals surface area contributed by atoms with Gasteiger partial charge in [-0.2, -0.15) is 5.10 Å². The maximum Gasteiger partial charge on any atom is 0.414 e. The smallest absolute Gasteiger partial charge is 0.414 e. The van der Waals surface area contributed by atoms with Crippen molar-refractivity contribution in [3.8, 4) is 11.1 Å². The first-order valence-corrected chi connectivity index (χ1v) is 13.2. The van der Waals surface area contributed by atoms with E-state index in [4.69, 9.17) is 4.74 Å². The van der Waals surface area contributed by atoms with Crippen LogP contribution < -0.4 is 9.80 Å². The lowest BCUT2D eigenvalue weighted by molar-refractivity contribution is -0.117. The van der Waals surface area contributed by atoms with Crippen LogP contribution in [0.25, 0.3) is 11.1 Å². The van der Waals surface area contributed by atoms with Crippen molar-refractivity contribution >= 4 is 34.2 Å². The molecule has 3 aliphatic rings. The summed E-state index contributed by atoms with van der Waals surface area (Å²) in [5.41, 5.74) is 3.28. The van der Waals surface area contributed by atoms with Crippen LogP contribution in [0.15, 0.2) is 30.6 Å². The highest BCUT2D eigenvalue weighted by Crippen LogP contribution is 2.40. The van der Waals surface area contributed by atoms with Crippen LogP contribution in [0.2, 0.25) is 0 Å². The summed E-state index contributed by atoms with van der Waals surface area (Å²) in [5, 5.41) is 4.57. The number of anilines is 2. The molecule has 9 heteroatoms. The van der Waals surface area contributed by atoms with Crippen LogP contribution in [0, 0.1) is 0 Å². The van der Waals surface area contributed by atoms with Gasteiger partial charge in [-0.25, -0.2) is 4.79 Å². The second kappa shape index (κ2) is 8.93. The third-order valence-electron chi connectivity index (χ3n) is 6.96. The summed E-state index contributed by atoms with van der Waals surface area (Å²) in [7, 11) is -0.708. The molecule has 2 aromatic rings. The highest BCUT2D eigenvalue weighted by molar-refractivity contribution is 7.85. The summed E-state index contributed by atoms with van der Waals surface area (Å²) in [5.74, 6) is 1.39. The van der Waals surface area contributed by atoms with Crippen LogP contribution in [0.5, 0.6) is 0 Å². The van der Waals surface area contributed by atoms with Gasteiger partial charge < -0.3 is 9.64 Å². The summed E-state index contributed by atoms with van der Waals surface area (Å²) in [6, 6.07) is 5.95. The van der Waals surface area contributed by atoms with E-state index in [1.165, 1.54) is 0 Å². The highest BCUT2D eigenvalue weighted by atomic mass is 32.2. The molecule has 1 aromatic heterocycles. The number of aromatic nitrogens is 2. The van der Waals surface area contributed by atoms with Crippen molar-refractivity contribution in [2.45, 2.75) is 64.1 Å². The van der Waals surface area contributed by atoms with Crippen LogP contribution in [-0.2, 0) is 20.3 Å². The van der Waals surface area contributed by atoms with Crippen LogP contribution >= 0.6 is 0 Å². The minimum Gasteiger partial charge on any atom is -0.446 e. The fraction of sp³-hybridized carbons (Fsp3) is 0.542. The first-order valence-electron chi connectivity index (χ1n) is 11.7. The minimum absolute atomic E-state index is 0.00617. The van der Waals surface area contributed by atoms with Crippen LogP contribution in [0.3, 0.4) is 0 Å². The minimum atomic E-state index is -0.708.